The third-order valence-electron chi connectivity index (χ3n) is 2.31. The monoisotopic (exact) mass is 235 g/mol. The Morgan fingerprint density at radius 2 is 2.00 bits per heavy atom. The lowest BCUT2D eigenvalue weighted by Crippen LogP contribution is -1.93. The summed E-state index contributed by atoms with van der Waals surface area (Å²) in [5.74, 6) is -1.75. The SMILES string of the molecule is Cn1nc(-c2cc(F)c(C#N)cc2F)cc1O. The maximum absolute atomic E-state index is 13.6. The number of hydrogen-bond donors (Lipinski definition) is 1. The molecule has 0 spiro atoms. The lowest BCUT2D eigenvalue weighted by Gasteiger charge is -2.00. The number of aryl methyl sites for hydroxylation is 1. The molecule has 17 heavy (non-hydrogen) atoms. The summed E-state index contributed by atoms with van der Waals surface area (Å²) < 4.78 is 28.1. The van der Waals surface area contributed by atoms with E-state index in [0.29, 0.717) is 0 Å². The van der Waals surface area contributed by atoms with Gasteiger partial charge in [0, 0.05) is 18.7 Å². The molecule has 1 heterocycles. The van der Waals surface area contributed by atoms with Crippen LogP contribution in [-0.2, 0) is 7.05 Å². The standard InChI is InChI=1S/C11H7F2N3O/c1-16-11(17)4-10(15-16)7-3-8(12)6(5-14)2-9(7)13/h2-4,17H,1H3. The van der Waals surface area contributed by atoms with Crippen LogP contribution < -0.4 is 0 Å². The second kappa shape index (κ2) is 3.87. The lowest BCUT2D eigenvalue weighted by molar-refractivity contribution is 0.419. The van der Waals surface area contributed by atoms with E-state index in [9.17, 15) is 13.9 Å². The van der Waals surface area contributed by atoms with E-state index in [1.54, 1.807) is 6.07 Å². The highest BCUT2D eigenvalue weighted by Gasteiger charge is 2.14. The Labute approximate surface area is 95.3 Å². The van der Waals surface area contributed by atoms with E-state index in [1.807, 2.05) is 0 Å². The molecule has 2 aromatic rings. The van der Waals surface area contributed by atoms with Gasteiger partial charge in [-0.05, 0) is 12.1 Å². The van der Waals surface area contributed by atoms with Gasteiger partial charge in [-0.25, -0.2) is 13.5 Å². The van der Waals surface area contributed by atoms with Gasteiger partial charge in [0.1, 0.15) is 17.7 Å². The van der Waals surface area contributed by atoms with E-state index < -0.39 is 11.6 Å². The minimum atomic E-state index is -0.825. The topological polar surface area (TPSA) is 61.8 Å². The first-order valence-electron chi connectivity index (χ1n) is 4.65. The third kappa shape index (κ3) is 1.83. The largest absolute Gasteiger partial charge is 0.493 e. The summed E-state index contributed by atoms with van der Waals surface area (Å²) in [6.45, 7) is 0. The molecule has 0 aliphatic rings. The Bertz CT molecular complexity index is 609. The number of rotatable bonds is 1. The summed E-state index contributed by atoms with van der Waals surface area (Å²) in [5.41, 5.74) is -0.366. The average Bonchev–Trinajstić information content (AvgIpc) is 2.61. The van der Waals surface area contributed by atoms with Crippen molar-refractivity contribution in [1.82, 2.24) is 9.78 Å². The molecular weight excluding hydrogens is 228 g/mol. The molecule has 0 saturated heterocycles. The summed E-state index contributed by atoms with van der Waals surface area (Å²) in [4.78, 5) is 0. The first kappa shape index (κ1) is 11.1. The predicted molar refractivity (Wildman–Crippen MR) is 54.9 cm³/mol. The summed E-state index contributed by atoms with van der Waals surface area (Å²) >= 11 is 0. The van der Waals surface area contributed by atoms with Crippen LogP contribution in [-0.4, -0.2) is 14.9 Å². The first-order valence-corrected chi connectivity index (χ1v) is 4.65. The number of halogens is 2. The Morgan fingerprint density at radius 3 is 2.53 bits per heavy atom. The van der Waals surface area contributed by atoms with E-state index in [4.69, 9.17) is 5.26 Å². The Balaban J connectivity index is 2.61. The van der Waals surface area contributed by atoms with Crippen LogP contribution in [0, 0.1) is 23.0 Å². The molecule has 0 aliphatic heterocycles. The average molecular weight is 235 g/mol. The predicted octanol–water partition coefficient (Wildman–Crippen LogP) is 1.94. The molecular formula is C11H7F2N3O. The van der Waals surface area contributed by atoms with Gasteiger partial charge in [-0.1, -0.05) is 0 Å². The van der Waals surface area contributed by atoms with Crippen molar-refractivity contribution in [3.05, 3.63) is 35.4 Å². The Morgan fingerprint density at radius 1 is 1.29 bits per heavy atom. The van der Waals surface area contributed by atoms with E-state index in [0.717, 1.165) is 16.8 Å². The van der Waals surface area contributed by atoms with Gasteiger partial charge in [-0.2, -0.15) is 10.4 Å². The van der Waals surface area contributed by atoms with E-state index >= 15 is 0 Å². The molecule has 0 radical (unpaired) electrons. The Kier molecular flexibility index (Phi) is 2.52. The molecule has 2 rings (SSSR count). The number of hydrogen-bond acceptors (Lipinski definition) is 3. The zero-order valence-corrected chi connectivity index (χ0v) is 8.78. The van der Waals surface area contributed by atoms with Gasteiger partial charge in [0.15, 0.2) is 0 Å². The molecule has 0 amide bonds. The molecule has 6 heteroatoms. The molecule has 1 aromatic heterocycles. The van der Waals surface area contributed by atoms with Crippen molar-refractivity contribution in [3.8, 4) is 23.2 Å². The van der Waals surface area contributed by atoms with Crippen molar-refractivity contribution < 1.29 is 13.9 Å². The highest BCUT2D eigenvalue weighted by molar-refractivity contribution is 5.62. The zero-order valence-electron chi connectivity index (χ0n) is 8.78. The van der Waals surface area contributed by atoms with Crippen molar-refractivity contribution in [3.63, 3.8) is 0 Å². The molecule has 0 atom stereocenters. The summed E-state index contributed by atoms with van der Waals surface area (Å²) in [6.07, 6.45) is 0. The van der Waals surface area contributed by atoms with Crippen molar-refractivity contribution in [1.29, 1.82) is 5.26 Å². The third-order valence-corrected chi connectivity index (χ3v) is 2.31. The number of benzene rings is 1. The normalized spacial score (nSPS) is 10.2. The van der Waals surface area contributed by atoms with Crippen molar-refractivity contribution >= 4 is 0 Å². The van der Waals surface area contributed by atoms with Crippen molar-refractivity contribution in [2.75, 3.05) is 0 Å². The maximum Gasteiger partial charge on any atom is 0.209 e. The highest BCUT2D eigenvalue weighted by atomic mass is 19.1. The second-order valence-corrected chi connectivity index (χ2v) is 3.44. The number of aromatic nitrogens is 2. The molecule has 0 fully saturated rings. The van der Waals surface area contributed by atoms with E-state index in [1.165, 1.54) is 13.1 Å². The van der Waals surface area contributed by atoms with Crippen LogP contribution in [0.25, 0.3) is 11.3 Å². The Hall–Kier alpha value is -2.42. The van der Waals surface area contributed by atoms with Crippen LogP contribution in [0.3, 0.4) is 0 Å². The molecule has 0 unspecified atom stereocenters. The van der Waals surface area contributed by atoms with E-state index in [-0.39, 0.29) is 22.7 Å². The molecule has 0 bridgehead atoms. The number of nitriles is 1. The van der Waals surface area contributed by atoms with Crippen LogP contribution in [0.2, 0.25) is 0 Å². The van der Waals surface area contributed by atoms with Gasteiger partial charge in [-0.15, -0.1) is 0 Å². The highest BCUT2D eigenvalue weighted by Crippen LogP contribution is 2.26. The molecule has 1 aromatic carbocycles. The fourth-order valence-electron chi connectivity index (χ4n) is 1.42. The van der Waals surface area contributed by atoms with Crippen LogP contribution >= 0.6 is 0 Å². The molecule has 1 N–H and O–H groups in total. The zero-order chi connectivity index (χ0) is 12.6. The summed E-state index contributed by atoms with van der Waals surface area (Å²) in [7, 11) is 1.47. The van der Waals surface area contributed by atoms with Gasteiger partial charge in [-0.3, -0.25) is 0 Å². The summed E-state index contributed by atoms with van der Waals surface area (Å²) in [5, 5.41) is 21.6. The fraction of sp³-hybridized carbons (Fsp3) is 0.0909. The minimum absolute atomic E-state index is 0.0996. The fourth-order valence-corrected chi connectivity index (χ4v) is 1.42. The number of nitrogens with zero attached hydrogens (tertiary/aromatic N) is 3. The molecule has 4 nitrogen and oxygen atoms in total. The van der Waals surface area contributed by atoms with Crippen LogP contribution in [0.15, 0.2) is 18.2 Å². The van der Waals surface area contributed by atoms with Gasteiger partial charge in [0.25, 0.3) is 0 Å². The summed E-state index contributed by atoms with van der Waals surface area (Å²) in [6, 6.07) is 4.44. The van der Waals surface area contributed by atoms with Crippen molar-refractivity contribution in [2.45, 2.75) is 0 Å². The minimum Gasteiger partial charge on any atom is -0.493 e. The van der Waals surface area contributed by atoms with Gasteiger partial charge in [0.2, 0.25) is 5.88 Å². The van der Waals surface area contributed by atoms with E-state index in [2.05, 4.69) is 5.10 Å². The maximum atomic E-state index is 13.6. The van der Waals surface area contributed by atoms with Crippen LogP contribution in [0.5, 0.6) is 5.88 Å². The number of aromatic hydroxyl groups is 1. The van der Waals surface area contributed by atoms with Gasteiger partial charge < -0.3 is 5.11 Å². The first-order chi connectivity index (χ1) is 8.02. The van der Waals surface area contributed by atoms with Gasteiger partial charge >= 0.3 is 0 Å². The second-order valence-electron chi connectivity index (χ2n) is 3.44. The van der Waals surface area contributed by atoms with Gasteiger partial charge in [0.05, 0.1) is 11.3 Å². The van der Waals surface area contributed by atoms with Crippen LogP contribution in [0.4, 0.5) is 8.78 Å². The van der Waals surface area contributed by atoms with Crippen LogP contribution in [0.1, 0.15) is 5.56 Å². The quantitative estimate of drug-likeness (QED) is 0.821. The lowest BCUT2D eigenvalue weighted by atomic mass is 10.1. The molecule has 86 valence electrons. The smallest absolute Gasteiger partial charge is 0.209 e. The molecule has 0 aliphatic carbocycles. The van der Waals surface area contributed by atoms with Crippen molar-refractivity contribution in [2.24, 2.45) is 7.05 Å². The molecule has 0 saturated carbocycles.